The van der Waals surface area contributed by atoms with Gasteiger partial charge in [0.1, 0.15) is 5.75 Å². The van der Waals surface area contributed by atoms with Crippen molar-refractivity contribution in [3.63, 3.8) is 0 Å². The Labute approximate surface area is 156 Å². The normalized spacial score (nSPS) is 12.3. The molecule has 4 rings (SSSR count). The number of carbonyl (C=O) groups excluding carboxylic acids is 3. The Bertz CT molecular complexity index is 1080. The van der Waals surface area contributed by atoms with Gasteiger partial charge in [-0.15, -0.1) is 0 Å². The Morgan fingerprint density at radius 1 is 0.741 bits per heavy atom. The van der Waals surface area contributed by atoms with E-state index in [1.807, 2.05) is 18.2 Å². The van der Waals surface area contributed by atoms with E-state index in [2.05, 4.69) is 0 Å². The standard InChI is InChI=1S/C23H16O4/c1-2-21(24)27-16-10-7-14(8-11-16)15-9-12-19-20(13-15)23(26)18-6-4-3-5-17(18)22(19)25/h3-13H,2H2,1H3. The van der Waals surface area contributed by atoms with Crippen molar-refractivity contribution < 1.29 is 19.1 Å². The maximum absolute atomic E-state index is 12.8. The van der Waals surface area contributed by atoms with Gasteiger partial charge >= 0.3 is 5.97 Å². The molecule has 0 heterocycles. The lowest BCUT2D eigenvalue weighted by molar-refractivity contribution is -0.134. The summed E-state index contributed by atoms with van der Waals surface area (Å²) in [6.45, 7) is 1.74. The Balaban J connectivity index is 1.70. The zero-order valence-corrected chi connectivity index (χ0v) is 14.7. The molecule has 4 nitrogen and oxygen atoms in total. The summed E-state index contributed by atoms with van der Waals surface area (Å²) in [7, 11) is 0. The summed E-state index contributed by atoms with van der Waals surface area (Å²) in [6.07, 6.45) is 0.310. The monoisotopic (exact) mass is 356 g/mol. The average molecular weight is 356 g/mol. The van der Waals surface area contributed by atoms with E-state index in [4.69, 9.17) is 4.74 Å². The van der Waals surface area contributed by atoms with Gasteiger partial charge in [-0.3, -0.25) is 14.4 Å². The first-order valence-corrected chi connectivity index (χ1v) is 8.72. The number of carbonyl (C=O) groups is 3. The van der Waals surface area contributed by atoms with Crippen molar-refractivity contribution in [2.75, 3.05) is 0 Å². The molecule has 0 radical (unpaired) electrons. The van der Waals surface area contributed by atoms with E-state index in [1.165, 1.54) is 0 Å². The summed E-state index contributed by atoms with van der Waals surface area (Å²) in [5.41, 5.74) is 3.42. The van der Waals surface area contributed by atoms with Crippen molar-refractivity contribution in [3.05, 3.63) is 89.0 Å². The second kappa shape index (κ2) is 6.65. The fourth-order valence-electron chi connectivity index (χ4n) is 3.20. The van der Waals surface area contributed by atoms with Gasteiger partial charge in [0.25, 0.3) is 0 Å². The minimum atomic E-state index is -0.292. The Kier molecular flexibility index (Phi) is 4.16. The molecule has 1 aliphatic carbocycles. The quantitative estimate of drug-likeness (QED) is 0.402. The van der Waals surface area contributed by atoms with Crippen LogP contribution in [0.4, 0.5) is 0 Å². The van der Waals surface area contributed by atoms with E-state index in [1.54, 1.807) is 55.5 Å². The minimum Gasteiger partial charge on any atom is -0.427 e. The van der Waals surface area contributed by atoms with E-state index in [0.717, 1.165) is 11.1 Å². The first-order valence-electron chi connectivity index (χ1n) is 8.72. The lowest BCUT2D eigenvalue weighted by atomic mass is 9.83. The number of hydrogen-bond acceptors (Lipinski definition) is 4. The molecule has 0 spiro atoms. The van der Waals surface area contributed by atoms with Crippen LogP contribution in [0, 0.1) is 0 Å². The van der Waals surface area contributed by atoms with Crippen LogP contribution in [0.25, 0.3) is 11.1 Å². The summed E-state index contributed by atoms with van der Waals surface area (Å²) in [5, 5.41) is 0. The van der Waals surface area contributed by atoms with Gasteiger partial charge in [0.15, 0.2) is 11.6 Å². The third kappa shape index (κ3) is 2.95. The molecule has 0 saturated carbocycles. The van der Waals surface area contributed by atoms with Gasteiger partial charge in [-0.2, -0.15) is 0 Å². The van der Waals surface area contributed by atoms with E-state index >= 15 is 0 Å². The second-order valence-electron chi connectivity index (χ2n) is 6.32. The van der Waals surface area contributed by atoms with Crippen LogP contribution >= 0.6 is 0 Å². The third-order valence-corrected chi connectivity index (χ3v) is 4.63. The fraction of sp³-hybridized carbons (Fsp3) is 0.0870. The van der Waals surface area contributed by atoms with E-state index in [0.29, 0.717) is 34.4 Å². The van der Waals surface area contributed by atoms with Crippen LogP contribution in [-0.2, 0) is 4.79 Å². The van der Waals surface area contributed by atoms with Crippen LogP contribution in [0.3, 0.4) is 0 Å². The minimum absolute atomic E-state index is 0.131. The number of ether oxygens (including phenoxy) is 1. The summed E-state index contributed by atoms with van der Waals surface area (Å²) in [5.74, 6) is -0.0906. The summed E-state index contributed by atoms with van der Waals surface area (Å²) < 4.78 is 5.18. The third-order valence-electron chi connectivity index (χ3n) is 4.63. The SMILES string of the molecule is CCC(=O)Oc1ccc(-c2ccc3c(c2)C(=O)c2ccccc2C3=O)cc1. The Hall–Kier alpha value is -3.53. The number of hydrogen-bond donors (Lipinski definition) is 0. The fourth-order valence-corrected chi connectivity index (χ4v) is 3.20. The molecule has 0 saturated heterocycles. The largest absolute Gasteiger partial charge is 0.427 e. The molecule has 0 fully saturated rings. The zero-order chi connectivity index (χ0) is 19.0. The maximum atomic E-state index is 12.8. The molecule has 0 N–H and O–H groups in total. The van der Waals surface area contributed by atoms with E-state index in [9.17, 15) is 14.4 Å². The van der Waals surface area contributed by atoms with Crippen molar-refractivity contribution in [3.8, 4) is 16.9 Å². The number of fused-ring (bicyclic) bond motifs is 2. The van der Waals surface area contributed by atoms with Crippen LogP contribution in [0.5, 0.6) is 5.75 Å². The molecule has 0 aliphatic heterocycles. The van der Waals surface area contributed by atoms with Gasteiger partial charge in [-0.25, -0.2) is 0 Å². The van der Waals surface area contributed by atoms with Crippen molar-refractivity contribution in [1.29, 1.82) is 0 Å². The summed E-state index contributed by atoms with van der Waals surface area (Å²) in [6, 6.07) is 19.2. The Morgan fingerprint density at radius 2 is 1.30 bits per heavy atom. The molecule has 1 aliphatic rings. The van der Waals surface area contributed by atoms with E-state index < -0.39 is 0 Å². The van der Waals surface area contributed by atoms with Crippen LogP contribution < -0.4 is 4.74 Å². The van der Waals surface area contributed by atoms with Crippen molar-refractivity contribution in [2.24, 2.45) is 0 Å². The highest BCUT2D eigenvalue weighted by Crippen LogP contribution is 2.31. The molecule has 0 aromatic heterocycles. The lowest BCUT2D eigenvalue weighted by Crippen LogP contribution is -2.20. The number of rotatable bonds is 3. The van der Waals surface area contributed by atoms with Crippen molar-refractivity contribution >= 4 is 17.5 Å². The second-order valence-corrected chi connectivity index (χ2v) is 6.32. The van der Waals surface area contributed by atoms with Gasteiger partial charge in [0, 0.05) is 28.7 Å². The molecule has 0 atom stereocenters. The molecule has 0 bridgehead atoms. The average Bonchev–Trinajstić information content (AvgIpc) is 2.72. The smallest absolute Gasteiger partial charge is 0.310 e. The number of benzene rings is 3. The van der Waals surface area contributed by atoms with Crippen LogP contribution in [-0.4, -0.2) is 17.5 Å². The number of ketones is 2. The van der Waals surface area contributed by atoms with Gasteiger partial charge in [0.05, 0.1) is 0 Å². The predicted octanol–water partition coefficient (Wildman–Crippen LogP) is 4.44. The van der Waals surface area contributed by atoms with E-state index in [-0.39, 0.29) is 17.5 Å². The molecule has 132 valence electrons. The van der Waals surface area contributed by atoms with Gasteiger partial charge in [-0.1, -0.05) is 49.4 Å². The summed E-state index contributed by atoms with van der Waals surface area (Å²) in [4.78, 5) is 36.9. The van der Waals surface area contributed by atoms with Gasteiger partial charge in [0.2, 0.25) is 0 Å². The first-order chi connectivity index (χ1) is 13.1. The molecular weight excluding hydrogens is 340 g/mol. The molecule has 3 aromatic carbocycles. The highest BCUT2D eigenvalue weighted by Gasteiger charge is 2.29. The molecule has 0 amide bonds. The molecular formula is C23H16O4. The number of esters is 1. The molecule has 4 heteroatoms. The summed E-state index contributed by atoms with van der Waals surface area (Å²) >= 11 is 0. The molecule has 3 aromatic rings. The molecule has 0 unspecified atom stereocenters. The zero-order valence-electron chi connectivity index (χ0n) is 14.7. The maximum Gasteiger partial charge on any atom is 0.310 e. The molecule has 27 heavy (non-hydrogen) atoms. The highest BCUT2D eigenvalue weighted by molar-refractivity contribution is 6.28. The van der Waals surface area contributed by atoms with Crippen molar-refractivity contribution in [2.45, 2.75) is 13.3 Å². The topological polar surface area (TPSA) is 60.4 Å². The van der Waals surface area contributed by atoms with Crippen molar-refractivity contribution in [1.82, 2.24) is 0 Å². The Morgan fingerprint density at radius 3 is 1.93 bits per heavy atom. The van der Waals surface area contributed by atoms with Gasteiger partial charge < -0.3 is 4.74 Å². The lowest BCUT2D eigenvalue weighted by Gasteiger charge is -2.18. The highest BCUT2D eigenvalue weighted by atomic mass is 16.5. The van der Waals surface area contributed by atoms with Crippen LogP contribution in [0.1, 0.15) is 45.2 Å². The first kappa shape index (κ1) is 16.9. The van der Waals surface area contributed by atoms with Gasteiger partial charge in [-0.05, 0) is 35.4 Å². The predicted molar refractivity (Wildman–Crippen MR) is 101 cm³/mol. The van der Waals surface area contributed by atoms with Crippen LogP contribution in [0.15, 0.2) is 66.7 Å². The van der Waals surface area contributed by atoms with Crippen LogP contribution in [0.2, 0.25) is 0 Å².